The molecule has 2 amide bonds. The van der Waals surface area contributed by atoms with Crippen LogP contribution in [0.25, 0.3) is 0 Å². The van der Waals surface area contributed by atoms with Gasteiger partial charge in [-0.1, -0.05) is 11.8 Å². The van der Waals surface area contributed by atoms with Crippen LogP contribution in [-0.4, -0.2) is 44.4 Å². The number of aromatic nitrogens is 4. The number of benzene rings is 1. The maximum Gasteiger partial charge on any atom is 0.251 e. The number of nitrogens with one attached hydrogen (secondary N) is 2. The highest BCUT2D eigenvalue weighted by atomic mass is 32.2. The first-order valence-electron chi connectivity index (χ1n) is 9.22. The fourth-order valence-electron chi connectivity index (χ4n) is 2.68. The van der Waals surface area contributed by atoms with E-state index in [0.717, 1.165) is 0 Å². The molecule has 0 saturated carbocycles. The van der Waals surface area contributed by atoms with Crippen LogP contribution in [0.3, 0.4) is 0 Å². The zero-order valence-electron chi connectivity index (χ0n) is 16.8. The van der Waals surface area contributed by atoms with Gasteiger partial charge in [0.25, 0.3) is 5.91 Å². The molecule has 2 aromatic heterocycles. The van der Waals surface area contributed by atoms with Gasteiger partial charge in [0.2, 0.25) is 5.91 Å². The van der Waals surface area contributed by atoms with Crippen LogP contribution >= 0.6 is 23.1 Å². The van der Waals surface area contributed by atoms with E-state index in [1.165, 1.54) is 23.1 Å². The molecular formula is C19H22N6O3S2. The normalized spacial score (nSPS) is 11.7. The Balaban J connectivity index is 1.61. The molecule has 1 aromatic carbocycles. The third-order valence-corrected chi connectivity index (χ3v) is 5.82. The van der Waals surface area contributed by atoms with E-state index in [9.17, 15) is 9.59 Å². The van der Waals surface area contributed by atoms with Crippen molar-refractivity contribution in [3.63, 3.8) is 0 Å². The minimum atomic E-state index is -0.356. The second-order valence-corrected chi connectivity index (χ2v) is 8.02. The summed E-state index contributed by atoms with van der Waals surface area (Å²) in [4.78, 5) is 28.6. The fourth-order valence-corrected chi connectivity index (χ4v) is 4.04. The van der Waals surface area contributed by atoms with Crippen LogP contribution in [0, 0.1) is 0 Å². The van der Waals surface area contributed by atoms with Crippen LogP contribution in [0.15, 0.2) is 41.0 Å². The van der Waals surface area contributed by atoms with Gasteiger partial charge in [0, 0.05) is 23.7 Å². The average molecular weight is 447 g/mol. The number of amides is 2. The molecule has 9 nitrogen and oxygen atoms in total. The van der Waals surface area contributed by atoms with Crippen LogP contribution < -0.4 is 15.4 Å². The highest BCUT2D eigenvalue weighted by Gasteiger charge is 2.20. The van der Waals surface area contributed by atoms with Crippen molar-refractivity contribution in [2.75, 3.05) is 18.2 Å². The number of thiazole rings is 1. The molecule has 11 heteroatoms. The van der Waals surface area contributed by atoms with Gasteiger partial charge in [0.05, 0.1) is 18.9 Å². The monoisotopic (exact) mass is 446 g/mol. The van der Waals surface area contributed by atoms with E-state index in [1.54, 1.807) is 43.0 Å². The molecule has 0 bridgehead atoms. The average Bonchev–Trinajstić information content (AvgIpc) is 3.41. The van der Waals surface area contributed by atoms with Crippen molar-refractivity contribution < 1.29 is 14.3 Å². The minimum Gasteiger partial charge on any atom is -0.497 e. The third kappa shape index (κ3) is 5.36. The third-order valence-electron chi connectivity index (χ3n) is 4.16. The van der Waals surface area contributed by atoms with Gasteiger partial charge in [-0.05, 0) is 38.1 Å². The first-order valence-corrected chi connectivity index (χ1v) is 11.1. The predicted octanol–water partition coefficient (Wildman–Crippen LogP) is 2.98. The van der Waals surface area contributed by atoms with Gasteiger partial charge in [-0.3, -0.25) is 9.59 Å². The topological polar surface area (TPSA) is 111 Å². The molecule has 3 aromatic rings. The molecule has 3 rings (SSSR count). The van der Waals surface area contributed by atoms with E-state index in [1.807, 2.05) is 18.4 Å². The van der Waals surface area contributed by atoms with Crippen LogP contribution in [0.1, 0.15) is 36.1 Å². The summed E-state index contributed by atoms with van der Waals surface area (Å²) < 4.78 is 7.00. The van der Waals surface area contributed by atoms with Gasteiger partial charge in [0.15, 0.2) is 16.1 Å². The van der Waals surface area contributed by atoms with Crippen LogP contribution in [-0.2, 0) is 11.3 Å². The fraction of sp³-hybridized carbons (Fsp3) is 0.316. The Morgan fingerprint density at radius 1 is 1.27 bits per heavy atom. The number of hydrogen-bond donors (Lipinski definition) is 2. The smallest absolute Gasteiger partial charge is 0.251 e. The molecule has 1 unspecified atom stereocenters. The van der Waals surface area contributed by atoms with Crippen molar-refractivity contribution in [3.8, 4) is 5.75 Å². The van der Waals surface area contributed by atoms with Crippen molar-refractivity contribution in [3.05, 3.63) is 47.2 Å². The molecule has 2 heterocycles. The van der Waals surface area contributed by atoms with E-state index < -0.39 is 0 Å². The van der Waals surface area contributed by atoms with Gasteiger partial charge in [-0.15, -0.1) is 21.5 Å². The maximum atomic E-state index is 12.5. The minimum absolute atomic E-state index is 0.164. The number of carbonyl (C=O) groups excluding carboxylic acids is 2. The zero-order chi connectivity index (χ0) is 21.5. The molecule has 2 N–H and O–H groups in total. The van der Waals surface area contributed by atoms with Crippen LogP contribution in [0.2, 0.25) is 0 Å². The first-order chi connectivity index (χ1) is 14.5. The van der Waals surface area contributed by atoms with Gasteiger partial charge < -0.3 is 19.9 Å². The second-order valence-electron chi connectivity index (χ2n) is 6.18. The predicted molar refractivity (Wildman–Crippen MR) is 116 cm³/mol. The Morgan fingerprint density at radius 2 is 2.03 bits per heavy atom. The molecule has 0 fully saturated rings. The summed E-state index contributed by atoms with van der Waals surface area (Å²) in [6.45, 7) is 4.42. The summed E-state index contributed by atoms with van der Waals surface area (Å²) in [6, 6.07) is 6.52. The standard InChI is InChI=1S/C19H22N6O3S2/c1-4-25-16(12(2)21-17(27)13-5-7-14(28-3)8-6-13)23-24-19(25)30-11-15(26)22-18-20-9-10-29-18/h5-10,12H,4,11H2,1-3H3,(H,21,27)(H,20,22,26). The summed E-state index contributed by atoms with van der Waals surface area (Å²) >= 11 is 2.65. The lowest BCUT2D eigenvalue weighted by atomic mass is 10.2. The van der Waals surface area contributed by atoms with E-state index in [4.69, 9.17) is 4.74 Å². The molecule has 0 saturated heterocycles. The second kappa shape index (κ2) is 10.2. The molecule has 0 radical (unpaired) electrons. The number of nitrogens with zero attached hydrogens (tertiary/aromatic N) is 4. The number of carbonyl (C=O) groups is 2. The van der Waals surface area contributed by atoms with Crippen molar-refractivity contribution in [2.45, 2.75) is 31.6 Å². The van der Waals surface area contributed by atoms with Crippen molar-refractivity contribution in [1.82, 2.24) is 25.1 Å². The van der Waals surface area contributed by atoms with Gasteiger partial charge in [0.1, 0.15) is 5.75 Å². The summed E-state index contributed by atoms with van der Waals surface area (Å²) in [7, 11) is 1.58. The van der Waals surface area contributed by atoms with Crippen LogP contribution in [0.4, 0.5) is 5.13 Å². The Hall–Kier alpha value is -2.92. The highest BCUT2D eigenvalue weighted by Crippen LogP contribution is 2.22. The largest absolute Gasteiger partial charge is 0.497 e. The van der Waals surface area contributed by atoms with E-state index in [2.05, 4.69) is 25.8 Å². The summed E-state index contributed by atoms with van der Waals surface area (Å²) in [6.07, 6.45) is 1.63. The number of hydrogen-bond acceptors (Lipinski definition) is 8. The lowest BCUT2D eigenvalue weighted by molar-refractivity contribution is -0.113. The van der Waals surface area contributed by atoms with Gasteiger partial charge in [-0.25, -0.2) is 4.98 Å². The number of thioether (sulfide) groups is 1. The highest BCUT2D eigenvalue weighted by molar-refractivity contribution is 7.99. The van der Waals surface area contributed by atoms with E-state index in [0.29, 0.717) is 34.0 Å². The molecule has 158 valence electrons. The van der Waals surface area contributed by atoms with Crippen molar-refractivity contribution >= 4 is 40.0 Å². The van der Waals surface area contributed by atoms with Gasteiger partial charge in [-0.2, -0.15) is 0 Å². The Morgan fingerprint density at radius 3 is 2.67 bits per heavy atom. The van der Waals surface area contributed by atoms with Gasteiger partial charge >= 0.3 is 0 Å². The van der Waals surface area contributed by atoms with E-state index in [-0.39, 0.29) is 23.6 Å². The lowest BCUT2D eigenvalue weighted by Crippen LogP contribution is -2.28. The van der Waals surface area contributed by atoms with Crippen molar-refractivity contribution in [1.29, 1.82) is 0 Å². The number of anilines is 1. The SMILES string of the molecule is CCn1c(SCC(=O)Nc2nccs2)nnc1C(C)NC(=O)c1ccc(OC)cc1. The van der Waals surface area contributed by atoms with Crippen LogP contribution in [0.5, 0.6) is 5.75 Å². The number of methoxy groups -OCH3 is 1. The Labute approximate surface area is 182 Å². The Kier molecular flexibility index (Phi) is 7.41. The molecular weight excluding hydrogens is 424 g/mol. The molecule has 30 heavy (non-hydrogen) atoms. The Bertz CT molecular complexity index is 988. The quantitative estimate of drug-likeness (QED) is 0.486. The summed E-state index contributed by atoms with van der Waals surface area (Å²) in [5.74, 6) is 1.12. The number of ether oxygens (including phenoxy) is 1. The molecule has 0 aliphatic rings. The van der Waals surface area contributed by atoms with E-state index >= 15 is 0 Å². The first kappa shape index (κ1) is 21.8. The number of rotatable bonds is 9. The molecule has 0 aliphatic heterocycles. The summed E-state index contributed by atoms with van der Waals surface area (Å²) in [5, 5.41) is 17.1. The summed E-state index contributed by atoms with van der Waals surface area (Å²) in [5.41, 5.74) is 0.527. The molecule has 1 atom stereocenters. The molecule has 0 aliphatic carbocycles. The lowest BCUT2D eigenvalue weighted by Gasteiger charge is -2.15. The maximum absolute atomic E-state index is 12.5. The zero-order valence-corrected chi connectivity index (χ0v) is 18.4. The van der Waals surface area contributed by atoms with Crippen molar-refractivity contribution in [2.24, 2.45) is 0 Å². The molecule has 0 spiro atoms.